The van der Waals surface area contributed by atoms with Gasteiger partial charge in [0.05, 0.1) is 0 Å². The molecule has 0 aliphatic carbocycles. The third-order valence-corrected chi connectivity index (χ3v) is 4.56. The average molecular weight is 323 g/mol. The van der Waals surface area contributed by atoms with E-state index in [0.29, 0.717) is 6.42 Å². The number of carbonyl (C=O) groups is 1. The number of hydrogen-bond donors (Lipinski definition) is 0. The molecule has 1 fully saturated rings. The summed E-state index contributed by atoms with van der Waals surface area (Å²) in [6.07, 6.45) is 4.29. The van der Waals surface area contributed by atoms with Gasteiger partial charge in [0.15, 0.2) is 0 Å². The van der Waals surface area contributed by atoms with Crippen LogP contribution in [0.25, 0.3) is 0 Å². The Labute approximate surface area is 144 Å². The van der Waals surface area contributed by atoms with Crippen molar-refractivity contribution in [2.45, 2.75) is 26.2 Å². The van der Waals surface area contributed by atoms with Crippen LogP contribution in [0.3, 0.4) is 0 Å². The topological polar surface area (TPSA) is 36.4 Å². The maximum Gasteiger partial charge on any atom is 0.222 e. The van der Waals surface area contributed by atoms with Crippen LogP contribution in [0.2, 0.25) is 0 Å². The summed E-state index contributed by atoms with van der Waals surface area (Å²) in [5, 5.41) is 0. The minimum absolute atomic E-state index is 0.270. The molecule has 1 aromatic heterocycles. The minimum atomic E-state index is 0.270. The Morgan fingerprint density at radius 1 is 1.08 bits per heavy atom. The Kier molecular flexibility index (Phi) is 5.47. The van der Waals surface area contributed by atoms with E-state index in [0.717, 1.165) is 44.7 Å². The van der Waals surface area contributed by atoms with Gasteiger partial charge < -0.3 is 9.80 Å². The summed E-state index contributed by atoms with van der Waals surface area (Å²) in [6.45, 7) is 5.55. The fourth-order valence-corrected chi connectivity index (χ4v) is 3.21. The molecule has 126 valence electrons. The maximum absolute atomic E-state index is 12.5. The Morgan fingerprint density at radius 3 is 2.71 bits per heavy atom. The molecule has 4 nitrogen and oxygen atoms in total. The number of anilines is 1. The molecule has 0 unspecified atom stereocenters. The highest BCUT2D eigenvalue weighted by Gasteiger charge is 2.19. The second-order valence-electron chi connectivity index (χ2n) is 6.36. The van der Waals surface area contributed by atoms with Crippen LogP contribution in [0.15, 0.2) is 48.7 Å². The highest BCUT2D eigenvalue weighted by Crippen LogP contribution is 2.17. The van der Waals surface area contributed by atoms with Crippen LogP contribution in [0, 0.1) is 6.92 Å². The molecule has 3 rings (SSSR count). The summed E-state index contributed by atoms with van der Waals surface area (Å²) in [5.41, 5.74) is 3.48. The summed E-state index contributed by atoms with van der Waals surface area (Å²) in [4.78, 5) is 21.2. The molecule has 1 aromatic carbocycles. The zero-order chi connectivity index (χ0) is 16.8. The third kappa shape index (κ3) is 4.34. The lowest BCUT2D eigenvalue weighted by atomic mass is 10.1. The zero-order valence-corrected chi connectivity index (χ0v) is 14.3. The first kappa shape index (κ1) is 16.5. The van der Waals surface area contributed by atoms with E-state index in [1.165, 1.54) is 11.3 Å². The Balaban J connectivity index is 1.54. The summed E-state index contributed by atoms with van der Waals surface area (Å²) < 4.78 is 0. The molecule has 0 saturated carbocycles. The van der Waals surface area contributed by atoms with E-state index in [1.54, 1.807) is 0 Å². The van der Waals surface area contributed by atoms with Gasteiger partial charge in [-0.05, 0) is 37.5 Å². The first-order chi connectivity index (χ1) is 11.7. The van der Waals surface area contributed by atoms with Crippen LogP contribution in [0.4, 0.5) is 5.69 Å². The summed E-state index contributed by atoms with van der Waals surface area (Å²) in [5.74, 6) is 0.270. The van der Waals surface area contributed by atoms with Gasteiger partial charge in [-0.15, -0.1) is 0 Å². The van der Waals surface area contributed by atoms with Gasteiger partial charge >= 0.3 is 0 Å². The molecule has 0 radical (unpaired) electrons. The van der Waals surface area contributed by atoms with Gasteiger partial charge in [0.1, 0.15) is 0 Å². The monoisotopic (exact) mass is 323 g/mol. The molecule has 0 atom stereocenters. The van der Waals surface area contributed by atoms with Crippen LogP contribution >= 0.6 is 0 Å². The molecule has 0 N–H and O–H groups in total. The fraction of sp³-hybridized carbons (Fsp3) is 0.400. The number of aryl methyl sites for hydroxylation is 2. The molecule has 2 heterocycles. The van der Waals surface area contributed by atoms with Crippen LogP contribution in [-0.2, 0) is 11.2 Å². The van der Waals surface area contributed by atoms with Gasteiger partial charge in [-0.25, -0.2) is 0 Å². The first-order valence-electron chi connectivity index (χ1n) is 8.72. The molecule has 0 spiro atoms. The molecule has 1 amide bonds. The van der Waals surface area contributed by atoms with Crippen molar-refractivity contribution in [3.05, 3.63) is 59.9 Å². The van der Waals surface area contributed by atoms with E-state index >= 15 is 0 Å². The molecule has 24 heavy (non-hydrogen) atoms. The van der Waals surface area contributed by atoms with Gasteiger partial charge in [-0.1, -0.05) is 30.3 Å². The van der Waals surface area contributed by atoms with Gasteiger partial charge in [0, 0.05) is 50.2 Å². The number of nitrogens with zero attached hydrogens (tertiary/aromatic N) is 3. The third-order valence-electron chi connectivity index (χ3n) is 4.56. The number of hydrogen-bond acceptors (Lipinski definition) is 3. The van der Waals surface area contributed by atoms with Crippen molar-refractivity contribution in [3.8, 4) is 0 Å². The summed E-state index contributed by atoms with van der Waals surface area (Å²) in [6, 6.07) is 14.4. The number of aromatic nitrogens is 1. The molecule has 1 aliphatic heterocycles. The number of amides is 1. The lowest BCUT2D eigenvalue weighted by Crippen LogP contribution is -2.35. The molecule has 1 saturated heterocycles. The highest BCUT2D eigenvalue weighted by molar-refractivity contribution is 5.76. The largest absolute Gasteiger partial charge is 0.370 e. The summed E-state index contributed by atoms with van der Waals surface area (Å²) >= 11 is 0. The second kappa shape index (κ2) is 7.95. The molecule has 4 heteroatoms. The van der Waals surface area contributed by atoms with E-state index in [4.69, 9.17) is 0 Å². The van der Waals surface area contributed by atoms with Gasteiger partial charge in [-0.2, -0.15) is 0 Å². The lowest BCUT2D eigenvalue weighted by Gasteiger charge is -2.24. The molecular weight excluding hydrogens is 298 g/mol. The van der Waals surface area contributed by atoms with Crippen molar-refractivity contribution >= 4 is 11.6 Å². The van der Waals surface area contributed by atoms with Crippen LogP contribution < -0.4 is 4.90 Å². The van der Waals surface area contributed by atoms with Crippen molar-refractivity contribution in [2.24, 2.45) is 0 Å². The fourth-order valence-electron chi connectivity index (χ4n) is 3.21. The lowest BCUT2D eigenvalue weighted by molar-refractivity contribution is -0.130. The van der Waals surface area contributed by atoms with E-state index < -0.39 is 0 Å². The Morgan fingerprint density at radius 2 is 1.92 bits per heavy atom. The van der Waals surface area contributed by atoms with Crippen molar-refractivity contribution in [1.82, 2.24) is 9.88 Å². The number of benzene rings is 1. The number of carbonyl (C=O) groups excluding carboxylic acids is 1. The van der Waals surface area contributed by atoms with E-state index in [9.17, 15) is 4.79 Å². The number of rotatable bonds is 4. The van der Waals surface area contributed by atoms with E-state index in [2.05, 4.69) is 34.1 Å². The van der Waals surface area contributed by atoms with Crippen LogP contribution in [0.5, 0.6) is 0 Å². The molecule has 2 aromatic rings. The predicted molar refractivity (Wildman–Crippen MR) is 97.1 cm³/mol. The van der Waals surface area contributed by atoms with Gasteiger partial charge in [0.2, 0.25) is 5.91 Å². The minimum Gasteiger partial charge on any atom is -0.370 e. The highest BCUT2D eigenvalue weighted by atomic mass is 16.2. The van der Waals surface area contributed by atoms with Crippen molar-refractivity contribution in [1.29, 1.82) is 0 Å². The van der Waals surface area contributed by atoms with Gasteiger partial charge in [0.25, 0.3) is 0 Å². The smallest absolute Gasteiger partial charge is 0.222 e. The van der Waals surface area contributed by atoms with Gasteiger partial charge in [-0.3, -0.25) is 9.78 Å². The van der Waals surface area contributed by atoms with Crippen molar-refractivity contribution in [2.75, 3.05) is 31.1 Å². The van der Waals surface area contributed by atoms with E-state index in [-0.39, 0.29) is 5.91 Å². The quantitative estimate of drug-likeness (QED) is 0.868. The zero-order valence-electron chi connectivity index (χ0n) is 14.3. The van der Waals surface area contributed by atoms with Crippen LogP contribution in [0.1, 0.15) is 24.1 Å². The Hall–Kier alpha value is -2.36. The van der Waals surface area contributed by atoms with Crippen molar-refractivity contribution < 1.29 is 4.79 Å². The standard InChI is InChI=1S/C20H25N3O/c1-17-16-19(10-11-21-17)22-12-5-13-23(15-14-22)20(24)9-8-18-6-3-2-4-7-18/h2-4,6-7,10-11,16H,5,8-9,12-15H2,1H3. The maximum atomic E-state index is 12.5. The molecular formula is C20H25N3O. The average Bonchev–Trinajstić information content (AvgIpc) is 2.87. The molecule has 1 aliphatic rings. The summed E-state index contributed by atoms with van der Waals surface area (Å²) in [7, 11) is 0. The Bertz CT molecular complexity index is 672. The predicted octanol–water partition coefficient (Wildman–Crippen LogP) is 3.06. The second-order valence-corrected chi connectivity index (χ2v) is 6.36. The van der Waals surface area contributed by atoms with Crippen LogP contribution in [-0.4, -0.2) is 42.0 Å². The SMILES string of the molecule is Cc1cc(N2CCCN(C(=O)CCc3ccccc3)CC2)ccn1. The van der Waals surface area contributed by atoms with E-state index in [1.807, 2.05) is 36.2 Å². The van der Waals surface area contributed by atoms with Crippen molar-refractivity contribution in [3.63, 3.8) is 0 Å². The first-order valence-corrected chi connectivity index (χ1v) is 8.72. The number of pyridine rings is 1. The molecule has 0 bridgehead atoms. The normalized spacial score (nSPS) is 15.2.